The molecule has 4 aromatic heterocycles. The molecule has 6 nitrogen and oxygen atoms in total. The molecule has 4 rings (SSSR count). The molecule has 0 aliphatic heterocycles. The first kappa shape index (κ1) is 17.9. The Morgan fingerprint density at radius 3 is 2.89 bits per heavy atom. The second kappa shape index (κ2) is 7.28. The van der Waals surface area contributed by atoms with Gasteiger partial charge in [0.25, 0.3) is 0 Å². The van der Waals surface area contributed by atoms with Gasteiger partial charge in [0.1, 0.15) is 21.3 Å². The summed E-state index contributed by atoms with van der Waals surface area (Å²) in [6, 6.07) is 5.83. The van der Waals surface area contributed by atoms with Crippen LogP contribution in [0, 0.1) is 20.8 Å². The maximum absolute atomic E-state index is 12.3. The van der Waals surface area contributed by atoms with Gasteiger partial charge in [0.05, 0.1) is 18.0 Å². The van der Waals surface area contributed by atoms with Crippen LogP contribution in [0.4, 0.5) is 0 Å². The first-order valence-electron chi connectivity index (χ1n) is 8.57. The smallest absolute Gasteiger partial charge is 0.230 e. The van der Waals surface area contributed by atoms with E-state index in [1.165, 1.54) is 22.2 Å². The van der Waals surface area contributed by atoms with E-state index in [0.717, 1.165) is 32.4 Å². The summed E-state index contributed by atoms with van der Waals surface area (Å²) >= 11 is 3.13. The fraction of sp³-hybridized carbons (Fsp3) is 0.263. The predicted molar refractivity (Wildman–Crippen MR) is 109 cm³/mol. The van der Waals surface area contributed by atoms with Crippen LogP contribution in [0.15, 0.2) is 35.6 Å². The number of carbonyl (C=O) groups is 1. The molecule has 27 heavy (non-hydrogen) atoms. The lowest BCUT2D eigenvalue weighted by atomic mass is 10.2. The molecule has 0 fully saturated rings. The lowest BCUT2D eigenvalue weighted by Crippen LogP contribution is -2.24. The van der Waals surface area contributed by atoms with Crippen molar-refractivity contribution in [3.63, 3.8) is 0 Å². The molecule has 0 bridgehead atoms. The van der Waals surface area contributed by atoms with Crippen LogP contribution in [0.5, 0.6) is 0 Å². The van der Waals surface area contributed by atoms with Gasteiger partial charge >= 0.3 is 0 Å². The van der Waals surface area contributed by atoms with E-state index in [4.69, 9.17) is 0 Å². The lowest BCUT2D eigenvalue weighted by molar-refractivity contribution is -0.118. The van der Waals surface area contributed by atoms with Gasteiger partial charge in [-0.1, -0.05) is 17.8 Å². The van der Waals surface area contributed by atoms with Gasteiger partial charge in [0.2, 0.25) is 5.91 Å². The number of aromatic nitrogens is 4. The zero-order valence-electron chi connectivity index (χ0n) is 15.3. The number of thiophene rings is 1. The van der Waals surface area contributed by atoms with Crippen molar-refractivity contribution in [1.82, 2.24) is 24.7 Å². The lowest BCUT2D eigenvalue weighted by Gasteiger charge is -2.06. The SMILES string of the molecule is Cc1nc(SCC(=O)NCc2cn3ccccc3n2)c2c(C)c(C)sc2n1. The summed E-state index contributed by atoms with van der Waals surface area (Å²) in [5, 5.41) is 4.88. The largest absolute Gasteiger partial charge is 0.350 e. The van der Waals surface area contributed by atoms with Crippen LogP contribution in [-0.4, -0.2) is 31.0 Å². The number of fused-ring (bicyclic) bond motifs is 2. The number of nitrogens with zero attached hydrogens (tertiary/aromatic N) is 4. The molecule has 0 unspecified atom stereocenters. The normalized spacial score (nSPS) is 11.4. The Labute approximate surface area is 165 Å². The van der Waals surface area contributed by atoms with E-state index in [2.05, 4.69) is 34.1 Å². The number of thioether (sulfide) groups is 1. The summed E-state index contributed by atoms with van der Waals surface area (Å²) in [6.45, 7) is 6.47. The van der Waals surface area contributed by atoms with E-state index < -0.39 is 0 Å². The number of nitrogens with one attached hydrogen (secondary N) is 1. The topological polar surface area (TPSA) is 72.2 Å². The van der Waals surface area contributed by atoms with Crippen LogP contribution >= 0.6 is 23.1 Å². The van der Waals surface area contributed by atoms with Crippen LogP contribution in [0.1, 0.15) is 22.0 Å². The number of hydrogen-bond donors (Lipinski definition) is 1. The maximum atomic E-state index is 12.3. The van der Waals surface area contributed by atoms with Gasteiger partial charge in [0.15, 0.2) is 0 Å². The molecule has 0 saturated carbocycles. The third-order valence-electron chi connectivity index (χ3n) is 4.33. The Bertz CT molecular complexity index is 1110. The number of hydrogen-bond acceptors (Lipinski definition) is 6. The molecular formula is C19H19N5OS2. The van der Waals surface area contributed by atoms with E-state index >= 15 is 0 Å². The Balaban J connectivity index is 1.42. The molecule has 1 amide bonds. The van der Waals surface area contributed by atoms with Gasteiger partial charge in [-0.3, -0.25) is 4.79 Å². The van der Waals surface area contributed by atoms with E-state index in [0.29, 0.717) is 12.3 Å². The number of imidazole rings is 1. The van der Waals surface area contributed by atoms with Gasteiger partial charge in [-0.2, -0.15) is 0 Å². The van der Waals surface area contributed by atoms with Crippen molar-refractivity contribution in [3.8, 4) is 0 Å². The van der Waals surface area contributed by atoms with E-state index in [1.807, 2.05) is 41.9 Å². The van der Waals surface area contributed by atoms with Crippen molar-refractivity contribution < 1.29 is 4.79 Å². The summed E-state index contributed by atoms with van der Waals surface area (Å²) in [4.78, 5) is 28.1. The number of rotatable bonds is 5. The van der Waals surface area contributed by atoms with Crippen LogP contribution < -0.4 is 5.32 Å². The molecule has 138 valence electrons. The minimum atomic E-state index is -0.0360. The first-order valence-corrected chi connectivity index (χ1v) is 10.4. The molecule has 0 atom stereocenters. The highest BCUT2D eigenvalue weighted by atomic mass is 32.2. The Morgan fingerprint density at radius 1 is 1.22 bits per heavy atom. The van der Waals surface area contributed by atoms with Crippen LogP contribution in [0.2, 0.25) is 0 Å². The average molecular weight is 398 g/mol. The average Bonchev–Trinajstić information content (AvgIpc) is 3.18. The highest BCUT2D eigenvalue weighted by Crippen LogP contribution is 2.34. The zero-order valence-corrected chi connectivity index (χ0v) is 16.9. The molecular weight excluding hydrogens is 378 g/mol. The van der Waals surface area contributed by atoms with Crippen molar-refractivity contribution in [2.75, 3.05) is 5.75 Å². The Kier molecular flexibility index (Phi) is 4.84. The molecule has 0 aromatic carbocycles. The quantitative estimate of drug-likeness (QED) is 0.411. The Hall–Kier alpha value is -2.45. The third-order valence-corrected chi connectivity index (χ3v) is 6.40. The molecule has 0 aliphatic rings. The number of carbonyl (C=O) groups excluding carboxylic acids is 1. The van der Waals surface area contributed by atoms with Crippen molar-refractivity contribution in [1.29, 1.82) is 0 Å². The van der Waals surface area contributed by atoms with Gasteiger partial charge in [-0.15, -0.1) is 11.3 Å². The second-order valence-corrected chi connectivity index (χ2v) is 8.47. The van der Waals surface area contributed by atoms with Crippen molar-refractivity contribution in [2.45, 2.75) is 32.3 Å². The number of pyridine rings is 1. The molecule has 0 radical (unpaired) electrons. The van der Waals surface area contributed by atoms with Crippen molar-refractivity contribution in [2.24, 2.45) is 0 Å². The number of amides is 1. The summed E-state index contributed by atoms with van der Waals surface area (Å²) in [6.07, 6.45) is 3.87. The molecule has 8 heteroatoms. The monoisotopic (exact) mass is 397 g/mol. The van der Waals surface area contributed by atoms with E-state index in [9.17, 15) is 4.79 Å². The summed E-state index contributed by atoms with van der Waals surface area (Å²) in [7, 11) is 0. The summed E-state index contributed by atoms with van der Waals surface area (Å²) < 4.78 is 1.94. The van der Waals surface area contributed by atoms with Gasteiger partial charge in [-0.05, 0) is 38.5 Å². The summed E-state index contributed by atoms with van der Waals surface area (Å²) in [5.74, 6) is 1.01. The number of aryl methyl sites for hydroxylation is 3. The standard InChI is InChI=1S/C19H19N5OS2/c1-11-12(2)27-19-17(11)18(21-13(3)22-19)26-10-16(25)20-8-14-9-24-7-5-4-6-15(24)23-14/h4-7,9H,8,10H2,1-3H3,(H,20,25). The van der Waals surface area contributed by atoms with E-state index in [1.54, 1.807) is 11.3 Å². The van der Waals surface area contributed by atoms with Gasteiger partial charge < -0.3 is 9.72 Å². The van der Waals surface area contributed by atoms with Crippen LogP contribution in [-0.2, 0) is 11.3 Å². The Morgan fingerprint density at radius 2 is 2.07 bits per heavy atom. The minimum absolute atomic E-state index is 0.0360. The predicted octanol–water partition coefficient (Wildman–Crippen LogP) is 3.67. The minimum Gasteiger partial charge on any atom is -0.350 e. The highest BCUT2D eigenvalue weighted by molar-refractivity contribution is 8.00. The molecule has 4 aromatic rings. The maximum Gasteiger partial charge on any atom is 0.230 e. The molecule has 0 spiro atoms. The molecule has 4 heterocycles. The van der Waals surface area contributed by atoms with Crippen LogP contribution in [0.25, 0.3) is 15.9 Å². The second-order valence-electron chi connectivity index (χ2n) is 6.30. The van der Waals surface area contributed by atoms with Crippen molar-refractivity contribution >= 4 is 44.9 Å². The van der Waals surface area contributed by atoms with Crippen LogP contribution in [0.3, 0.4) is 0 Å². The molecule has 0 saturated heterocycles. The fourth-order valence-electron chi connectivity index (χ4n) is 2.87. The summed E-state index contributed by atoms with van der Waals surface area (Å²) in [5.41, 5.74) is 2.91. The fourth-order valence-corrected chi connectivity index (χ4v) is 4.97. The highest BCUT2D eigenvalue weighted by Gasteiger charge is 2.15. The molecule has 0 aliphatic carbocycles. The molecule has 1 N–H and O–H groups in total. The third kappa shape index (κ3) is 3.68. The van der Waals surface area contributed by atoms with E-state index in [-0.39, 0.29) is 5.91 Å². The van der Waals surface area contributed by atoms with Gasteiger partial charge in [-0.25, -0.2) is 15.0 Å². The van der Waals surface area contributed by atoms with Gasteiger partial charge in [0, 0.05) is 22.7 Å². The zero-order chi connectivity index (χ0) is 19.0. The van der Waals surface area contributed by atoms with Crippen molar-refractivity contribution in [3.05, 3.63) is 52.6 Å². The first-order chi connectivity index (χ1) is 13.0.